The maximum atomic E-state index is 13.9. The molecule has 0 aliphatic carbocycles. The topological polar surface area (TPSA) is 154 Å². The number of aliphatic hydroxyl groups is 1. The van der Waals surface area contributed by atoms with Crippen LogP contribution in [-0.4, -0.2) is 63.6 Å². The molecule has 0 unspecified atom stereocenters. The van der Waals surface area contributed by atoms with Gasteiger partial charge in [0, 0.05) is 23.6 Å². The van der Waals surface area contributed by atoms with Crippen LogP contribution in [0.25, 0.3) is 22.4 Å². The Labute approximate surface area is 237 Å². The van der Waals surface area contributed by atoms with Crippen LogP contribution in [0.2, 0.25) is 0 Å². The molecule has 1 fully saturated rings. The van der Waals surface area contributed by atoms with Crippen molar-refractivity contribution in [3.05, 3.63) is 71.5 Å². The smallest absolute Gasteiger partial charge is 0.433 e. The summed E-state index contributed by atoms with van der Waals surface area (Å²) in [6, 6.07) is 7.82. The number of ether oxygens (including phenoxy) is 2. The lowest BCUT2D eigenvalue weighted by atomic mass is 9.95. The number of benzene rings is 1. The highest BCUT2D eigenvalue weighted by Gasteiger charge is 2.51. The number of nitrogens with two attached hydrogens (primary N) is 1. The highest BCUT2D eigenvalue weighted by atomic mass is 19.4. The maximum Gasteiger partial charge on any atom is 0.433 e. The number of oxazole rings is 1. The van der Waals surface area contributed by atoms with Gasteiger partial charge in [-0.1, -0.05) is 6.07 Å². The van der Waals surface area contributed by atoms with E-state index in [1.54, 1.807) is 25.1 Å². The fourth-order valence-electron chi connectivity index (χ4n) is 5.02. The summed E-state index contributed by atoms with van der Waals surface area (Å²) < 4.78 is 56.2. The van der Waals surface area contributed by atoms with Gasteiger partial charge in [0.05, 0.1) is 32.5 Å². The number of carbonyl (C=O) groups is 2. The lowest BCUT2D eigenvalue weighted by molar-refractivity contribution is -0.145. The Morgan fingerprint density at radius 3 is 2.55 bits per heavy atom. The summed E-state index contributed by atoms with van der Waals surface area (Å²) in [5.41, 5.74) is 3.50. The van der Waals surface area contributed by atoms with Gasteiger partial charge in [-0.15, -0.1) is 0 Å². The molecule has 3 N–H and O–H groups in total. The van der Waals surface area contributed by atoms with Gasteiger partial charge in [0.15, 0.2) is 11.5 Å². The molecule has 0 radical (unpaired) electrons. The molecule has 42 heavy (non-hydrogen) atoms. The number of hydrogen-bond donors (Lipinski definition) is 2. The lowest BCUT2D eigenvalue weighted by Crippen LogP contribution is -2.42. The van der Waals surface area contributed by atoms with E-state index in [4.69, 9.17) is 19.6 Å². The predicted molar refractivity (Wildman–Crippen MR) is 141 cm³/mol. The summed E-state index contributed by atoms with van der Waals surface area (Å²) in [6.07, 6.45) is -3.39. The monoisotopic (exact) mass is 585 g/mol. The van der Waals surface area contributed by atoms with Crippen LogP contribution in [0, 0.1) is 0 Å². The van der Waals surface area contributed by atoms with Crippen molar-refractivity contribution >= 4 is 22.8 Å². The molecule has 4 heterocycles. The van der Waals surface area contributed by atoms with E-state index >= 15 is 0 Å². The number of aromatic nitrogens is 3. The number of esters is 1. The Hall–Kier alpha value is -4.56. The third kappa shape index (κ3) is 5.03. The molecule has 11 nitrogen and oxygen atoms in total. The molecule has 1 aliphatic heterocycles. The standard InChI is InChI=1S/C28H26F3N5O6/c1-14(32)23-22(25(37)36-13-27(39,12-17(36)26(38)41-3)19-6-4-5-11-33-19)35-24(42-23)16-7-9-18(40-2)21-15(16)8-10-20(34-21)28(29,30)31/h4-11,14,17,39H,12-13,32H2,1-3H3/t14-,17-,27-/m0/s1. The molecule has 0 bridgehead atoms. The minimum atomic E-state index is -4.69. The minimum Gasteiger partial charge on any atom is -0.494 e. The van der Waals surface area contributed by atoms with E-state index in [2.05, 4.69) is 15.0 Å². The van der Waals surface area contributed by atoms with Crippen molar-refractivity contribution in [3.8, 4) is 17.2 Å². The number of alkyl halides is 3. The summed E-state index contributed by atoms with van der Waals surface area (Å²) in [5, 5.41) is 11.6. The predicted octanol–water partition coefficient (Wildman–Crippen LogP) is 3.61. The quantitative estimate of drug-likeness (QED) is 0.321. The van der Waals surface area contributed by atoms with Crippen LogP contribution in [0.5, 0.6) is 5.75 Å². The number of methoxy groups -OCH3 is 2. The van der Waals surface area contributed by atoms with Crippen molar-refractivity contribution in [2.75, 3.05) is 20.8 Å². The van der Waals surface area contributed by atoms with Crippen molar-refractivity contribution < 1.29 is 41.8 Å². The Bertz CT molecular complexity index is 1660. The van der Waals surface area contributed by atoms with Gasteiger partial charge in [-0.3, -0.25) is 9.78 Å². The third-order valence-electron chi connectivity index (χ3n) is 7.05. The number of nitrogens with zero attached hydrogens (tertiary/aromatic N) is 4. The second-order valence-corrected chi connectivity index (χ2v) is 9.85. The molecule has 4 aromatic rings. The van der Waals surface area contributed by atoms with E-state index in [1.807, 2.05) is 0 Å². The van der Waals surface area contributed by atoms with Crippen molar-refractivity contribution in [2.24, 2.45) is 5.73 Å². The molecule has 0 saturated carbocycles. The van der Waals surface area contributed by atoms with Gasteiger partial charge < -0.3 is 29.6 Å². The number of likely N-dealkylation sites (tertiary alicyclic amines) is 1. The zero-order valence-corrected chi connectivity index (χ0v) is 22.7. The van der Waals surface area contributed by atoms with Crippen LogP contribution in [-0.2, 0) is 21.3 Å². The summed E-state index contributed by atoms with van der Waals surface area (Å²) in [6.45, 7) is 1.25. The first-order chi connectivity index (χ1) is 19.9. The van der Waals surface area contributed by atoms with E-state index in [1.165, 1.54) is 31.5 Å². The van der Waals surface area contributed by atoms with Gasteiger partial charge in [-0.2, -0.15) is 13.2 Å². The zero-order chi connectivity index (χ0) is 30.4. The first kappa shape index (κ1) is 29.0. The average molecular weight is 586 g/mol. The summed E-state index contributed by atoms with van der Waals surface area (Å²) in [7, 11) is 2.46. The van der Waals surface area contributed by atoms with Gasteiger partial charge in [0.1, 0.15) is 28.6 Å². The number of β-amino-alcohol motifs (C(OH)–C–C–N with tert-alkyl or cyclic N) is 1. The number of rotatable bonds is 6. The first-order valence-electron chi connectivity index (χ1n) is 12.7. The third-order valence-corrected chi connectivity index (χ3v) is 7.05. The molecule has 3 atom stereocenters. The minimum absolute atomic E-state index is 0.0317. The summed E-state index contributed by atoms with van der Waals surface area (Å²) in [4.78, 5) is 40.1. The van der Waals surface area contributed by atoms with Gasteiger partial charge in [0.25, 0.3) is 5.91 Å². The SMILES string of the molecule is COC(=O)[C@@H]1C[C@@](O)(c2ccccn2)CN1C(=O)c1nc(-c2ccc(OC)c3nc(C(F)(F)F)ccc23)oc1[C@H](C)N. The second kappa shape index (κ2) is 10.7. The molecular formula is C28H26F3N5O6. The number of amides is 1. The van der Waals surface area contributed by atoms with Gasteiger partial charge >= 0.3 is 12.1 Å². The van der Waals surface area contributed by atoms with E-state index < -0.39 is 41.4 Å². The molecular weight excluding hydrogens is 559 g/mol. The van der Waals surface area contributed by atoms with Crippen molar-refractivity contribution in [1.82, 2.24) is 19.9 Å². The molecule has 1 saturated heterocycles. The molecule has 14 heteroatoms. The van der Waals surface area contributed by atoms with E-state index in [9.17, 15) is 27.9 Å². The molecule has 1 amide bonds. The highest BCUT2D eigenvalue weighted by molar-refractivity contribution is 5.99. The normalized spacial score (nSPS) is 19.6. The van der Waals surface area contributed by atoms with E-state index in [0.717, 1.165) is 18.1 Å². The number of halogens is 3. The fraction of sp³-hybridized carbons (Fsp3) is 0.321. The second-order valence-electron chi connectivity index (χ2n) is 9.85. The number of carbonyl (C=O) groups excluding carboxylic acids is 2. The van der Waals surface area contributed by atoms with Gasteiger partial charge in [-0.25, -0.2) is 14.8 Å². The molecule has 5 rings (SSSR count). The Morgan fingerprint density at radius 2 is 1.93 bits per heavy atom. The Morgan fingerprint density at radius 1 is 1.17 bits per heavy atom. The molecule has 0 spiro atoms. The zero-order valence-electron chi connectivity index (χ0n) is 22.7. The molecule has 3 aromatic heterocycles. The van der Waals surface area contributed by atoms with Gasteiger partial charge in [-0.05, 0) is 43.3 Å². The highest BCUT2D eigenvalue weighted by Crippen LogP contribution is 2.40. The van der Waals surface area contributed by atoms with Crippen LogP contribution < -0.4 is 10.5 Å². The number of pyridine rings is 2. The summed E-state index contributed by atoms with van der Waals surface area (Å²) in [5.74, 6) is -1.59. The van der Waals surface area contributed by atoms with Crippen molar-refractivity contribution in [2.45, 2.75) is 37.2 Å². The fourth-order valence-corrected chi connectivity index (χ4v) is 5.02. The van der Waals surface area contributed by atoms with Crippen LogP contribution in [0.1, 0.15) is 47.0 Å². The van der Waals surface area contributed by atoms with Crippen LogP contribution in [0.15, 0.2) is 53.1 Å². The van der Waals surface area contributed by atoms with Crippen LogP contribution in [0.4, 0.5) is 13.2 Å². The van der Waals surface area contributed by atoms with E-state index in [0.29, 0.717) is 0 Å². The molecule has 1 aromatic carbocycles. The number of hydrogen-bond acceptors (Lipinski definition) is 10. The van der Waals surface area contributed by atoms with Crippen molar-refractivity contribution in [1.29, 1.82) is 0 Å². The first-order valence-corrected chi connectivity index (χ1v) is 12.7. The maximum absolute atomic E-state index is 13.9. The van der Waals surface area contributed by atoms with E-state index in [-0.39, 0.29) is 58.2 Å². The molecule has 1 aliphatic rings. The molecule has 220 valence electrons. The van der Waals surface area contributed by atoms with Crippen LogP contribution in [0.3, 0.4) is 0 Å². The Kier molecular flexibility index (Phi) is 7.37. The number of fused-ring (bicyclic) bond motifs is 1. The Balaban J connectivity index is 1.60. The van der Waals surface area contributed by atoms with Crippen LogP contribution >= 0.6 is 0 Å². The average Bonchev–Trinajstić information content (AvgIpc) is 3.58. The lowest BCUT2D eigenvalue weighted by Gasteiger charge is -2.23. The van der Waals surface area contributed by atoms with Crippen molar-refractivity contribution in [3.63, 3.8) is 0 Å². The van der Waals surface area contributed by atoms with Gasteiger partial charge in [0.2, 0.25) is 5.89 Å². The summed E-state index contributed by atoms with van der Waals surface area (Å²) >= 11 is 0. The largest absolute Gasteiger partial charge is 0.494 e.